The molecule has 1 aliphatic carbocycles. The number of hydrogen-bond donors (Lipinski definition) is 1. The van der Waals surface area contributed by atoms with Gasteiger partial charge in [0.15, 0.2) is 0 Å². The smallest absolute Gasteiger partial charge is 0.331 e. The molecule has 1 fully saturated rings. The zero-order valence-electron chi connectivity index (χ0n) is 16.0. The number of nitrogens with zero attached hydrogens (tertiary/aromatic N) is 2. The van der Waals surface area contributed by atoms with Crippen LogP contribution in [-0.4, -0.2) is 34.1 Å². The Kier molecular flexibility index (Phi) is 6.17. The zero-order chi connectivity index (χ0) is 20.3. The van der Waals surface area contributed by atoms with Crippen LogP contribution in [0.5, 0.6) is 0 Å². The molecule has 8 heteroatoms. The number of amides is 1. The Morgan fingerprint density at radius 1 is 1.36 bits per heavy atom. The van der Waals surface area contributed by atoms with Crippen LogP contribution in [0.25, 0.3) is 10.9 Å². The molecule has 0 atom stereocenters. The fraction of sp³-hybridized carbons (Fsp3) is 0.500. The molecule has 3 rings (SSSR count). The molecule has 0 unspecified atom stereocenters. The molecule has 1 aliphatic rings. The number of hydrogen-bond acceptors (Lipinski definition) is 5. The van der Waals surface area contributed by atoms with E-state index in [1.165, 1.54) is 18.0 Å². The molecule has 2 aromatic rings. The van der Waals surface area contributed by atoms with Crippen LogP contribution in [-0.2, 0) is 20.9 Å². The standard InChI is InChI=1S/C20H24BrN3O4/c1-13-5-8-20(9-6-13,19(27)28-2)23-17(25)7-10-24-12-22-16-4-3-14(21)11-15(16)18(24)26/h3-4,11-13H,5-10H2,1-2H3,(H,23,25). The molecule has 1 N–H and O–H groups in total. The highest BCUT2D eigenvalue weighted by Gasteiger charge is 2.43. The first-order chi connectivity index (χ1) is 13.3. The van der Waals surface area contributed by atoms with Gasteiger partial charge in [-0.25, -0.2) is 9.78 Å². The number of rotatable bonds is 5. The average Bonchev–Trinajstić information content (AvgIpc) is 2.69. The Morgan fingerprint density at radius 2 is 2.07 bits per heavy atom. The normalized spacial score (nSPS) is 22.0. The number of aryl methyl sites for hydroxylation is 1. The Bertz CT molecular complexity index is 948. The minimum absolute atomic E-state index is 0.0788. The van der Waals surface area contributed by atoms with Crippen molar-refractivity contribution in [3.63, 3.8) is 0 Å². The first-order valence-electron chi connectivity index (χ1n) is 9.39. The second-order valence-corrected chi connectivity index (χ2v) is 8.37. The maximum atomic E-state index is 12.6. The van der Waals surface area contributed by atoms with Crippen LogP contribution in [0.3, 0.4) is 0 Å². The van der Waals surface area contributed by atoms with E-state index in [0.717, 1.165) is 17.3 Å². The molecule has 1 aromatic carbocycles. The van der Waals surface area contributed by atoms with Crippen molar-refractivity contribution in [2.75, 3.05) is 7.11 Å². The van der Waals surface area contributed by atoms with Gasteiger partial charge in [0.2, 0.25) is 5.91 Å². The van der Waals surface area contributed by atoms with Crippen molar-refractivity contribution in [3.05, 3.63) is 39.4 Å². The summed E-state index contributed by atoms with van der Waals surface area (Å²) in [6.07, 6.45) is 4.38. The van der Waals surface area contributed by atoms with E-state index in [0.29, 0.717) is 29.7 Å². The van der Waals surface area contributed by atoms with E-state index >= 15 is 0 Å². The van der Waals surface area contributed by atoms with Crippen LogP contribution < -0.4 is 10.9 Å². The summed E-state index contributed by atoms with van der Waals surface area (Å²) in [5.41, 5.74) is -0.557. The lowest BCUT2D eigenvalue weighted by Crippen LogP contribution is -2.56. The first-order valence-corrected chi connectivity index (χ1v) is 10.2. The van der Waals surface area contributed by atoms with E-state index in [4.69, 9.17) is 4.74 Å². The van der Waals surface area contributed by atoms with Gasteiger partial charge in [-0.15, -0.1) is 0 Å². The highest BCUT2D eigenvalue weighted by molar-refractivity contribution is 9.10. The van der Waals surface area contributed by atoms with Crippen LogP contribution in [0, 0.1) is 5.92 Å². The lowest BCUT2D eigenvalue weighted by Gasteiger charge is -2.37. The van der Waals surface area contributed by atoms with Crippen molar-refractivity contribution in [2.45, 2.75) is 51.1 Å². The Hall–Kier alpha value is -2.22. The fourth-order valence-electron chi connectivity index (χ4n) is 3.67. The van der Waals surface area contributed by atoms with Gasteiger partial charge < -0.3 is 10.1 Å². The number of halogens is 1. The van der Waals surface area contributed by atoms with E-state index in [2.05, 4.69) is 33.2 Å². The van der Waals surface area contributed by atoms with Gasteiger partial charge in [0.05, 0.1) is 24.3 Å². The molecule has 0 spiro atoms. The average molecular weight is 450 g/mol. The first kappa shape index (κ1) is 20.5. The largest absolute Gasteiger partial charge is 0.467 e. The molecule has 0 radical (unpaired) electrons. The van der Waals surface area contributed by atoms with Gasteiger partial charge in [-0.2, -0.15) is 0 Å². The molecule has 1 saturated carbocycles. The minimum atomic E-state index is -0.962. The predicted molar refractivity (Wildman–Crippen MR) is 109 cm³/mol. The van der Waals surface area contributed by atoms with Crippen LogP contribution in [0.15, 0.2) is 33.8 Å². The lowest BCUT2D eigenvalue weighted by molar-refractivity contribution is -0.153. The Morgan fingerprint density at radius 3 is 2.75 bits per heavy atom. The van der Waals surface area contributed by atoms with Crippen molar-refractivity contribution < 1.29 is 14.3 Å². The summed E-state index contributed by atoms with van der Waals surface area (Å²) in [6.45, 7) is 2.33. The molecule has 28 heavy (non-hydrogen) atoms. The zero-order valence-corrected chi connectivity index (χ0v) is 17.6. The summed E-state index contributed by atoms with van der Waals surface area (Å²) in [4.78, 5) is 41.8. The van der Waals surface area contributed by atoms with Gasteiger partial charge in [-0.3, -0.25) is 14.2 Å². The summed E-state index contributed by atoms with van der Waals surface area (Å²) in [6, 6.07) is 5.31. The number of ether oxygens (including phenoxy) is 1. The molecule has 150 valence electrons. The summed E-state index contributed by atoms with van der Waals surface area (Å²) in [5.74, 6) is -0.153. The van der Waals surface area contributed by atoms with E-state index in [9.17, 15) is 14.4 Å². The van der Waals surface area contributed by atoms with Gasteiger partial charge in [0.1, 0.15) is 5.54 Å². The number of carbonyl (C=O) groups is 2. The van der Waals surface area contributed by atoms with Gasteiger partial charge in [0.25, 0.3) is 5.56 Å². The number of benzene rings is 1. The second kappa shape index (κ2) is 8.43. The summed E-state index contributed by atoms with van der Waals surface area (Å²) >= 11 is 3.36. The van der Waals surface area contributed by atoms with Crippen LogP contribution in [0.4, 0.5) is 0 Å². The summed E-state index contributed by atoms with van der Waals surface area (Å²) < 4.78 is 7.16. The molecular weight excluding hydrogens is 426 g/mol. The van der Waals surface area contributed by atoms with Crippen molar-refractivity contribution in [1.29, 1.82) is 0 Å². The van der Waals surface area contributed by atoms with Gasteiger partial charge >= 0.3 is 5.97 Å². The van der Waals surface area contributed by atoms with Crippen molar-refractivity contribution in [3.8, 4) is 0 Å². The highest BCUT2D eigenvalue weighted by Crippen LogP contribution is 2.33. The van der Waals surface area contributed by atoms with Crippen molar-refractivity contribution >= 4 is 38.7 Å². The number of fused-ring (bicyclic) bond motifs is 1. The molecule has 7 nitrogen and oxygen atoms in total. The highest BCUT2D eigenvalue weighted by atomic mass is 79.9. The fourth-order valence-corrected chi connectivity index (χ4v) is 4.03. The quantitative estimate of drug-likeness (QED) is 0.708. The van der Waals surface area contributed by atoms with E-state index in [1.54, 1.807) is 12.1 Å². The van der Waals surface area contributed by atoms with Crippen molar-refractivity contribution in [2.24, 2.45) is 5.92 Å². The van der Waals surface area contributed by atoms with Gasteiger partial charge in [0, 0.05) is 17.4 Å². The number of nitrogens with one attached hydrogen (secondary N) is 1. The molecular formula is C20H24BrN3O4. The minimum Gasteiger partial charge on any atom is -0.467 e. The number of carbonyl (C=O) groups excluding carboxylic acids is 2. The van der Waals surface area contributed by atoms with E-state index in [-0.39, 0.29) is 24.4 Å². The second-order valence-electron chi connectivity index (χ2n) is 7.46. The predicted octanol–water partition coefficient (Wildman–Crippen LogP) is 2.79. The van der Waals surface area contributed by atoms with Gasteiger partial charge in [-0.05, 0) is 49.8 Å². The summed E-state index contributed by atoms with van der Waals surface area (Å²) in [5, 5.41) is 3.37. The molecule has 0 bridgehead atoms. The van der Waals surface area contributed by atoms with Crippen molar-refractivity contribution in [1.82, 2.24) is 14.9 Å². The monoisotopic (exact) mass is 449 g/mol. The number of aromatic nitrogens is 2. The van der Waals surface area contributed by atoms with E-state index in [1.807, 2.05) is 6.07 Å². The third-order valence-electron chi connectivity index (χ3n) is 5.45. The van der Waals surface area contributed by atoms with Crippen LogP contribution >= 0.6 is 15.9 Å². The molecule has 1 heterocycles. The lowest BCUT2D eigenvalue weighted by atomic mass is 9.77. The third kappa shape index (κ3) is 4.27. The van der Waals surface area contributed by atoms with Crippen LogP contribution in [0.2, 0.25) is 0 Å². The topological polar surface area (TPSA) is 90.3 Å². The Labute approximate surface area is 171 Å². The number of esters is 1. The summed E-state index contributed by atoms with van der Waals surface area (Å²) in [7, 11) is 1.34. The molecule has 0 saturated heterocycles. The Balaban J connectivity index is 1.71. The van der Waals surface area contributed by atoms with E-state index < -0.39 is 11.5 Å². The van der Waals surface area contributed by atoms with Gasteiger partial charge in [-0.1, -0.05) is 22.9 Å². The molecule has 1 aromatic heterocycles. The SMILES string of the molecule is COC(=O)C1(NC(=O)CCn2cnc3ccc(Br)cc3c2=O)CCC(C)CC1. The molecule has 0 aliphatic heterocycles. The maximum absolute atomic E-state index is 12.6. The maximum Gasteiger partial charge on any atom is 0.331 e. The third-order valence-corrected chi connectivity index (χ3v) is 5.94. The molecule has 1 amide bonds. The number of methoxy groups -OCH3 is 1. The van der Waals surface area contributed by atoms with Crippen LogP contribution in [0.1, 0.15) is 39.0 Å².